The quantitative estimate of drug-likeness (QED) is 0.813. The molecule has 25 heavy (non-hydrogen) atoms. The highest BCUT2D eigenvalue weighted by Crippen LogP contribution is 2.30. The first-order valence-corrected chi connectivity index (χ1v) is 8.70. The van der Waals surface area contributed by atoms with Crippen LogP contribution in [0.2, 0.25) is 5.02 Å². The molecule has 1 atom stereocenters. The Bertz CT molecular complexity index is 835. The summed E-state index contributed by atoms with van der Waals surface area (Å²) in [7, 11) is 0. The molecule has 0 fully saturated rings. The number of carboxylic acid groups (broad SMARTS) is 1. The van der Waals surface area contributed by atoms with E-state index in [2.05, 4.69) is 10.3 Å². The van der Waals surface area contributed by atoms with Gasteiger partial charge in [0.2, 0.25) is 5.91 Å². The second-order valence-corrected chi connectivity index (χ2v) is 7.68. The predicted molar refractivity (Wildman–Crippen MR) is 94.8 cm³/mol. The Labute approximate surface area is 153 Å². The maximum atomic E-state index is 14.2. The second-order valence-electron chi connectivity index (χ2n) is 6.22. The van der Waals surface area contributed by atoms with E-state index in [1.807, 2.05) is 0 Å². The van der Waals surface area contributed by atoms with Gasteiger partial charge >= 0.3 is 5.97 Å². The van der Waals surface area contributed by atoms with Crippen LogP contribution >= 0.6 is 22.9 Å². The number of carboxylic acids is 1. The Balaban J connectivity index is 2.22. The molecule has 1 aromatic carbocycles. The Morgan fingerprint density at radius 2 is 2.04 bits per heavy atom. The highest BCUT2D eigenvalue weighted by atomic mass is 35.5. The molecule has 2 N–H and O–H groups in total. The lowest BCUT2D eigenvalue weighted by molar-refractivity contribution is -0.126. The maximum Gasteiger partial charge on any atom is 0.347 e. The van der Waals surface area contributed by atoms with Gasteiger partial charge in [-0.3, -0.25) is 4.79 Å². The SMILES string of the molecule is Cc1nc(C(C)NC(=O)C(C)(C)c2ccc(Cl)cc2F)sc1C(=O)O. The highest BCUT2D eigenvalue weighted by Gasteiger charge is 2.34. The van der Waals surface area contributed by atoms with Crippen LogP contribution < -0.4 is 5.32 Å². The monoisotopic (exact) mass is 384 g/mol. The molecule has 134 valence electrons. The molecule has 0 saturated carbocycles. The molecule has 0 bridgehead atoms. The van der Waals surface area contributed by atoms with E-state index in [-0.39, 0.29) is 15.5 Å². The zero-order chi connectivity index (χ0) is 18.9. The van der Waals surface area contributed by atoms with Crippen molar-refractivity contribution in [3.63, 3.8) is 0 Å². The van der Waals surface area contributed by atoms with Gasteiger partial charge in [0.1, 0.15) is 15.7 Å². The van der Waals surface area contributed by atoms with Crippen molar-refractivity contribution in [2.24, 2.45) is 0 Å². The molecule has 1 heterocycles. The average Bonchev–Trinajstić information content (AvgIpc) is 2.89. The van der Waals surface area contributed by atoms with Crippen LogP contribution in [0.25, 0.3) is 0 Å². The number of carbonyl (C=O) groups excluding carboxylic acids is 1. The lowest BCUT2D eigenvalue weighted by Crippen LogP contribution is -2.41. The number of thiazole rings is 1. The highest BCUT2D eigenvalue weighted by molar-refractivity contribution is 7.13. The van der Waals surface area contributed by atoms with Crippen LogP contribution in [0.5, 0.6) is 0 Å². The van der Waals surface area contributed by atoms with Crippen molar-refractivity contribution in [3.8, 4) is 0 Å². The lowest BCUT2D eigenvalue weighted by atomic mass is 9.83. The Morgan fingerprint density at radius 1 is 1.40 bits per heavy atom. The molecule has 0 spiro atoms. The topological polar surface area (TPSA) is 79.3 Å². The molecule has 1 aromatic heterocycles. The predicted octanol–water partition coefficient (Wildman–Crippen LogP) is 4.10. The molecule has 2 aromatic rings. The summed E-state index contributed by atoms with van der Waals surface area (Å²) in [5, 5.41) is 12.6. The van der Waals surface area contributed by atoms with Crippen LogP contribution in [0.3, 0.4) is 0 Å². The van der Waals surface area contributed by atoms with E-state index in [0.717, 1.165) is 11.3 Å². The number of amides is 1. The summed E-state index contributed by atoms with van der Waals surface area (Å²) in [4.78, 5) is 28.1. The summed E-state index contributed by atoms with van der Waals surface area (Å²) >= 11 is 6.77. The molecule has 0 aliphatic rings. The summed E-state index contributed by atoms with van der Waals surface area (Å²) in [6.07, 6.45) is 0. The zero-order valence-corrected chi connectivity index (χ0v) is 15.8. The van der Waals surface area contributed by atoms with E-state index in [1.165, 1.54) is 18.2 Å². The van der Waals surface area contributed by atoms with Crippen LogP contribution in [-0.4, -0.2) is 22.0 Å². The summed E-state index contributed by atoms with van der Waals surface area (Å²) in [6, 6.07) is 3.68. The zero-order valence-electron chi connectivity index (χ0n) is 14.2. The first kappa shape index (κ1) is 19.3. The van der Waals surface area contributed by atoms with Crippen molar-refractivity contribution in [1.82, 2.24) is 10.3 Å². The molecular formula is C17H18ClFN2O3S. The smallest absolute Gasteiger partial charge is 0.347 e. The number of benzene rings is 1. The number of hydrogen-bond acceptors (Lipinski definition) is 4. The number of rotatable bonds is 5. The number of carbonyl (C=O) groups is 2. The molecule has 2 rings (SSSR count). The van der Waals surface area contributed by atoms with Gasteiger partial charge in [0.25, 0.3) is 0 Å². The number of hydrogen-bond donors (Lipinski definition) is 2. The largest absolute Gasteiger partial charge is 0.477 e. The van der Waals surface area contributed by atoms with E-state index < -0.39 is 29.2 Å². The van der Waals surface area contributed by atoms with Gasteiger partial charge in [-0.05, 0) is 39.8 Å². The van der Waals surface area contributed by atoms with E-state index in [1.54, 1.807) is 27.7 Å². The molecule has 8 heteroatoms. The molecule has 1 amide bonds. The fraction of sp³-hybridized carbons (Fsp3) is 0.353. The molecule has 0 saturated heterocycles. The fourth-order valence-electron chi connectivity index (χ4n) is 2.36. The number of aromatic nitrogens is 1. The Kier molecular flexibility index (Phi) is 5.49. The van der Waals surface area contributed by atoms with Gasteiger partial charge in [-0.25, -0.2) is 14.2 Å². The van der Waals surface area contributed by atoms with Gasteiger partial charge in [-0.2, -0.15) is 0 Å². The molecule has 1 unspecified atom stereocenters. The van der Waals surface area contributed by atoms with Gasteiger partial charge in [0.05, 0.1) is 17.2 Å². The molecule has 5 nitrogen and oxygen atoms in total. The van der Waals surface area contributed by atoms with Crippen LogP contribution in [0.15, 0.2) is 18.2 Å². The standard InChI is InChI=1S/C17H18ClFN2O3S/c1-8-13(15(22)23)25-14(20-8)9(2)21-16(24)17(3,4)11-6-5-10(18)7-12(11)19/h5-7,9H,1-4H3,(H,21,24)(H,22,23). The third-order valence-electron chi connectivity index (χ3n) is 3.90. The van der Waals surface area contributed by atoms with Crippen molar-refractivity contribution in [2.75, 3.05) is 0 Å². The Morgan fingerprint density at radius 3 is 2.56 bits per heavy atom. The van der Waals surface area contributed by atoms with E-state index in [0.29, 0.717) is 10.7 Å². The van der Waals surface area contributed by atoms with Gasteiger partial charge in [0.15, 0.2) is 0 Å². The lowest BCUT2D eigenvalue weighted by Gasteiger charge is -2.26. The molecule has 0 radical (unpaired) electrons. The van der Waals surface area contributed by atoms with Gasteiger partial charge in [-0.1, -0.05) is 17.7 Å². The number of aryl methyl sites for hydroxylation is 1. The van der Waals surface area contributed by atoms with Gasteiger partial charge < -0.3 is 10.4 Å². The number of halogens is 2. The van der Waals surface area contributed by atoms with Crippen LogP contribution in [0, 0.1) is 12.7 Å². The molecule has 0 aliphatic carbocycles. The first-order chi connectivity index (χ1) is 11.5. The fourth-order valence-corrected chi connectivity index (χ4v) is 3.43. The van der Waals surface area contributed by atoms with Crippen molar-refractivity contribution in [1.29, 1.82) is 0 Å². The minimum atomic E-state index is -1.13. The van der Waals surface area contributed by atoms with Gasteiger partial charge in [-0.15, -0.1) is 11.3 Å². The van der Waals surface area contributed by atoms with Gasteiger partial charge in [0, 0.05) is 10.6 Å². The van der Waals surface area contributed by atoms with E-state index >= 15 is 0 Å². The van der Waals surface area contributed by atoms with Crippen LogP contribution in [0.1, 0.15) is 52.7 Å². The summed E-state index contributed by atoms with van der Waals surface area (Å²) < 4.78 is 14.2. The third kappa shape index (κ3) is 3.99. The first-order valence-electron chi connectivity index (χ1n) is 7.51. The third-order valence-corrected chi connectivity index (χ3v) is 5.46. The van der Waals surface area contributed by atoms with E-state index in [4.69, 9.17) is 16.7 Å². The molecular weight excluding hydrogens is 367 g/mol. The van der Waals surface area contributed by atoms with Crippen LogP contribution in [0.4, 0.5) is 4.39 Å². The minimum absolute atomic E-state index is 0.138. The number of aromatic carboxylic acids is 1. The maximum absolute atomic E-state index is 14.2. The number of nitrogens with zero attached hydrogens (tertiary/aromatic N) is 1. The second kappa shape index (κ2) is 7.09. The number of nitrogens with one attached hydrogen (secondary N) is 1. The van der Waals surface area contributed by atoms with E-state index in [9.17, 15) is 14.0 Å². The minimum Gasteiger partial charge on any atom is -0.477 e. The molecule has 0 aliphatic heterocycles. The summed E-state index contributed by atoms with van der Waals surface area (Å²) in [5.41, 5.74) is -0.509. The normalized spacial score (nSPS) is 12.7. The summed E-state index contributed by atoms with van der Waals surface area (Å²) in [5.74, 6) is -2.01. The van der Waals surface area contributed by atoms with Crippen molar-refractivity contribution >= 4 is 34.8 Å². The van der Waals surface area contributed by atoms with Crippen molar-refractivity contribution < 1.29 is 19.1 Å². The Hall–Kier alpha value is -1.99. The van der Waals surface area contributed by atoms with Crippen LogP contribution in [-0.2, 0) is 10.2 Å². The average molecular weight is 385 g/mol. The summed E-state index contributed by atoms with van der Waals surface area (Å²) in [6.45, 7) is 6.52. The van der Waals surface area contributed by atoms with Crippen molar-refractivity contribution in [2.45, 2.75) is 39.2 Å². The van der Waals surface area contributed by atoms with Crippen molar-refractivity contribution in [3.05, 3.63) is 50.2 Å².